The van der Waals surface area contributed by atoms with Crippen molar-refractivity contribution in [2.24, 2.45) is 11.8 Å². The molecule has 1 saturated heterocycles. The number of oxazole rings is 1. The molecule has 1 N–H and O–H groups in total. The van der Waals surface area contributed by atoms with Gasteiger partial charge >= 0.3 is 0 Å². The summed E-state index contributed by atoms with van der Waals surface area (Å²) in [5.74, 6) is 2.89. The number of carbonyl (C=O) groups excluding carboxylic acids is 1. The first kappa shape index (κ1) is 22.0. The molecule has 0 radical (unpaired) electrons. The molecule has 3 aromatic rings. The van der Waals surface area contributed by atoms with Crippen LogP contribution in [0.3, 0.4) is 0 Å². The summed E-state index contributed by atoms with van der Waals surface area (Å²) in [5, 5.41) is 5.11. The minimum absolute atomic E-state index is 0. The van der Waals surface area contributed by atoms with Crippen LogP contribution in [0.2, 0.25) is 0 Å². The van der Waals surface area contributed by atoms with Gasteiger partial charge < -0.3 is 19.5 Å². The van der Waals surface area contributed by atoms with Crippen LogP contribution < -0.4 is 5.32 Å². The fourth-order valence-corrected chi connectivity index (χ4v) is 5.09. The molecular weight excluding hydrogens is 414 g/mol. The summed E-state index contributed by atoms with van der Waals surface area (Å²) in [7, 11) is 2.20. The van der Waals surface area contributed by atoms with E-state index >= 15 is 0 Å². The fraction of sp³-hybridized carbons (Fsp3) is 0.500. The van der Waals surface area contributed by atoms with Crippen molar-refractivity contribution in [2.75, 3.05) is 45.1 Å². The van der Waals surface area contributed by atoms with Crippen molar-refractivity contribution in [3.8, 4) is 11.3 Å². The molecule has 1 saturated carbocycles. The first-order chi connectivity index (χ1) is 16.0. The van der Waals surface area contributed by atoms with Crippen LogP contribution in [0.5, 0.6) is 0 Å². The topological polar surface area (TPSA) is 74.5 Å². The van der Waals surface area contributed by atoms with Crippen LogP contribution in [-0.2, 0) is 4.79 Å². The molecule has 7 nitrogen and oxygen atoms in total. The number of nitrogens with one attached hydrogen (secondary N) is 1. The van der Waals surface area contributed by atoms with Crippen LogP contribution >= 0.6 is 0 Å². The number of piperazine rings is 1. The second-order valence-electron chi connectivity index (χ2n) is 9.69. The number of likely N-dealkylation sites (N-methyl/N-ethyl adjacent to an activating group) is 1. The normalized spacial score (nSPS) is 22.5. The van der Waals surface area contributed by atoms with E-state index in [0.29, 0.717) is 11.7 Å². The number of aromatic nitrogens is 2. The van der Waals surface area contributed by atoms with Gasteiger partial charge in [-0.2, -0.15) is 0 Å². The Hall–Kier alpha value is -2.77. The average Bonchev–Trinajstić information content (AvgIpc) is 3.27. The van der Waals surface area contributed by atoms with Gasteiger partial charge in [-0.25, -0.2) is 9.97 Å². The third kappa shape index (κ3) is 5.25. The van der Waals surface area contributed by atoms with Gasteiger partial charge in [0.1, 0.15) is 5.82 Å². The minimum atomic E-state index is 0. The Kier molecular flexibility index (Phi) is 6.42. The lowest BCUT2D eigenvalue weighted by molar-refractivity contribution is -0.121. The fourth-order valence-electron chi connectivity index (χ4n) is 5.09. The van der Waals surface area contributed by atoms with Gasteiger partial charge in [-0.15, -0.1) is 0 Å². The zero-order valence-electron chi connectivity index (χ0n) is 19.6. The number of hydrogen-bond acceptors (Lipinski definition) is 6. The number of rotatable bonds is 5. The lowest BCUT2D eigenvalue weighted by atomic mass is 9.81. The highest BCUT2D eigenvalue weighted by Gasteiger charge is 2.28. The Bertz CT molecular complexity index is 1120. The van der Waals surface area contributed by atoms with Crippen molar-refractivity contribution in [3.63, 3.8) is 0 Å². The molecule has 3 heterocycles. The number of amides is 1. The summed E-state index contributed by atoms with van der Waals surface area (Å²) in [4.78, 5) is 26.6. The summed E-state index contributed by atoms with van der Waals surface area (Å²) in [5.41, 5.74) is 0.963. The van der Waals surface area contributed by atoms with Crippen LogP contribution in [0.25, 0.3) is 22.1 Å². The van der Waals surface area contributed by atoms with Crippen LogP contribution in [0.1, 0.15) is 33.0 Å². The predicted molar refractivity (Wildman–Crippen MR) is 132 cm³/mol. The number of pyridine rings is 1. The van der Waals surface area contributed by atoms with Crippen LogP contribution in [0.15, 0.2) is 41.1 Å². The van der Waals surface area contributed by atoms with Crippen molar-refractivity contribution < 1.29 is 10.6 Å². The number of aryl methyl sites for hydroxylation is 1. The first-order valence-electron chi connectivity index (χ1n) is 12.1. The largest absolute Gasteiger partial charge is 0.441 e. The molecule has 176 valence electrons. The SMILES string of the molecule is Cc1ncc(-c2ccc3cnc(NC(=O)C4CCC(CN5CCN(C)CC5)CC4)cc3c2)o1.[HH]. The number of anilines is 1. The van der Waals surface area contributed by atoms with Crippen LogP contribution in [0.4, 0.5) is 5.82 Å². The first-order valence-corrected chi connectivity index (χ1v) is 12.1. The maximum atomic E-state index is 12.9. The minimum Gasteiger partial charge on any atom is -0.441 e. The second-order valence-corrected chi connectivity index (χ2v) is 9.69. The van der Waals surface area contributed by atoms with Crippen molar-refractivity contribution >= 4 is 22.5 Å². The predicted octanol–water partition coefficient (Wildman–Crippen LogP) is 4.44. The molecule has 2 aliphatic rings. The van der Waals surface area contributed by atoms with Gasteiger partial charge in [0.05, 0.1) is 6.20 Å². The van der Waals surface area contributed by atoms with Crippen molar-refractivity contribution in [2.45, 2.75) is 32.6 Å². The molecule has 0 spiro atoms. The zero-order valence-corrected chi connectivity index (χ0v) is 19.6. The molecule has 1 aliphatic carbocycles. The maximum absolute atomic E-state index is 12.9. The molecule has 0 atom stereocenters. The van der Waals surface area contributed by atoms with Gasteiger partial charge in [0, 0.05) is 64.1 Å². The molecular formula is C26H35N5O2. The smallest absolute Gasteiger partial charge is 0.228 e. The van der Waals surface area contributed by atoms with Gasteiger partial charge in [-0.1, -0.05) is 12.1 Å². The molecule has 1 aliphatic heterocycles. The van der Waals surface area contributed by atoms with Crippen LogP contribution in [-0.4, -0.2) is 65.4 Å². The highest BCUT2D eigenvalue weighted by Crippen LogP contribution is 2.31. The van der Waals surface area contributed by atoms with Gasteiger partial charge in [-0.3, -0.25) is 4.79 Å². The van der Waals surface area contributed by atoms with E-state index in [9.17, 15) is 4.79 Å². The Morgan fingerprint density at radius 1 is 1.06 bits per heavy atom. The Balaban J connectivity index is 0.00000274. The molecule has 2 aromatic heterocycles. The summed E-state index contributed by atoms with van der Waals surface area (Å²) >= 11 is 0. The zero-order chi connectivity index (χ0) is 22.8. The molecule has 5 rings (SSSR count). The third-order valence-electron chi connectivity index (χ3n) is 7.21. The molecule has 7 heteroatoms. The Morgan fingerprint density at radius 2 is 1.85 bits per heavy atom. The van der Waals surface area contributed by atoms with Gasteiger partial charge in [0.2, 0.25) is 5.91 Å². The number of fused-ring (bicyclic) bond motifs is 1. The van der Waals surface area contributed by atoms with E-state index in [1.165, 1.54) is 19.6 Å². The van der Waals surface area contributed by atoms with Crippen molar-refractivity contribution in [1.29, 1.82) is 0 Å². The molecule has 0 unspecified atom stereocenters. The number of benzene rings is 1. The van der Waals surface area contributed by atoms with E-state index in [-0.39, 0.29) is 13.3 Å². The van der Waals surface area contributed by atoms with Gasteiger partial charge in [0.15, 0.2) is 11.7 Å². The standard InChI is InChI=1S/C26H33N5O2.H2/c1-18-27-16-24(33-18)21-7-8-22-15-28-25(14-23(22)13-21)29-26(32)20-5-3-19(4-6-20)17-31-11-9-30(2)10-12-31;/h7-8,13-16,19-20H,3-6,9-12,17H2,1-2H3,(H,28,29,32);1H. The maximum Gasteiger partial charge on any atom is 0.228 e. The highest BCUT2D eigenvalue weighted by atomic mass is 16.4. The lowest BCUT2D eigenvalue weighted by Gasteiger charge is -2.36. The molecule has 1 aromatic carbocycles. The lowest BCUT2D eigenvalue weighted by Crippen LogP contribution is -2.46. The average molecular weight is 450 g/mol. The summed E-state index contributed by atoms with van der Waals surface area (Å²) in [6.45, 7) is 7.68. The molecule has 2 fully saturated rings. The Morgan fingerprint density at radius 3 is 2.58 bits per heavy atom. The van der Waals surface area contributed by atoms with E-state index < -0.39 is 0 Å². The number of hydrogen-bond donors (Lipinski definition) is 1. The highest BCUT2D eigenvalue weighted by molar-refractivity contribution is 5.94. The van der Waals surface area contributed by atoms with E-state index in [1.807, 2.05) is 31.3 Å². The van der Waals surface area contributed by atoms with E-state index in [0.717, 1.165) is 66.8 Å². The summed E-state index contributed by atoms with van der Waals surface area (Å²) in [6.07, 6.45) is 7.75. The summed E-state index contributed by atoms with van der Waals surface area (Å²) < 4.78 is 5.65. The number of nitrogens with zero attached hydrogens (tertiary/aromatic N) is 4. The van der Waals surface area contributed by atoms with E-state index in [2.05, 4.69) is 38.2 Å². The number of carbonyl (C=O) groups is 1. The quantitative estimate of drug-likeness (QED) is 0.621. The monoisotopic (exact) mass is 449 g/mol. The van der Waals surface area contributed by atoms with Crippen molar-refractivity contribution in [3.05, 3.63) is 42.5 Å². The molecule has 33 heavy (non-hydrogen) atoms. The van der Waals surface area contributed by atoms with Gasteiger partial charge in [0.25, 0.3) is 0 Å². The second kappa shape index (κ2) is 9.61. The Labute approximate surface area is 196 Å². The van der Waals surface area contributed by atoms with Gasteiger partial charge in [-0.05, 0) is 56.2 Å². The van der Waals surface area contributed by atoms with Crippen LogP contribution in [0, 0.1) is 18.8 Å². The van der Waals surface area contributed by atoms with E-state index in [1.54, 1.807) is 6.20 Å². The third-order valence-corrected chi connectivity index (χ3v) is 7.21. The molecule has 0 bridgehead atoms. The summed E-state index contributed by atoms with van der Waals surface area (Å²) in [6, 6.07) is 8.01. The van der Waals surface area contributed by atoms with E-state index in [4.69, 9.17) is 4.42 Å². The van der Waals surface area contributed by atoms with Crippen molar-refractivity contribution in [1.82, 2.24) is 19.8 Å². The molecule has 1 amide bonds.